The SMILES string of the molecule is Cc1cnn(CC(=O)N2CCc3c(C(N)=O)nc(-c4ccccc4)n3CC2)c1. The van der Waals surface area contributed by atoms with Gasteiger partial charge < -0.3 is 15.2 Å². The van der Waals surface area contributed by atoms with Gasteiger partial charge in [0.15, 0.2) is 0 Å². The molecule has 2 N–H and O–H groups in total. The molecule has 28 heavy (non-hydrogen) atoms. The van der Waals surface area contributed by atoms with Gasteiger partial charge in [-0.1, -0.05) is 30.3 Å². The van der Waals surface area contributed by atoms with E-state index in [0.717, 1.165) is 16.8 Å². The number of carbonyl (C=O) groups is 2. The standard InChI is InChI=1S/C20H22N6O2/c1-14-11-22-25(12-14)13-17(27)24-8-7-16-18(19(21)28)23-20(26(16)10-9-24)15-5-3-2-4-6-15/h2-6,11-12H,7-10,13H2,1H3,(H2,21,28). The Morgan fingerprint density at radius 2 is 1.93 bits per heavy atom. The number of primary amides is 1. The molecule has 4 rings (SSSR count). The van der Waals surface area contributed by atoms with Crippen LogP contribution in [0.25, 0.3) is 11.4 Å². The lowest BCUT2D eigenvalue weighted by Crippen LogP contribution is -2.36. The zero-order valence-corrected chi connectivity index (χ0v) is 15.7. The van der Waals surface area contributed by atoms with E-state index in [1.807, 2.05) is 52.9 Å². The number of nitrogens with zero attached hydrogens (tertiary/aromatic N) is 5. The molecule has 2 aromatic heterocycles. The molecule has 0 unspecified atom stereocenters. The lowest BCUT2D eigenvalue weighted by molar-refractivity contribution is -0.132. The van der Waals surface area contributed by atoms with Gasteiger partial charge in [0.1, 0.15) is 18.1 Å². The van der Waals surface area contributed by atoms with Crippen molar-refractivity contribution in [1.82, 2.24) is 24.2 Å². The lowest BCUT2D eigenvalue weighted by Gasteiger charge is -2.20. The molecule has 0 fully saturated rings. The molecule has 0 atom stereocenters. The fraction of sp³-hybridized carbons (Fsp3) is 0.300. The topological polar surface area (TPSA) is 99.0 Å². The average molecular weight is 378 g/mol. The highest BCUT2D eigenvalue weighted by atomic mass is 16.2. The van der Waals surface area contributed by atoms with E-state index in [1.54, 1.807) is 10.9 Å². The summed E-state index contributed by atoms with van der Waals surface area (Å²) in [4.78, 5) is 31.0. The number of hydrogen-bond donors (Lipinski definition) is 1. The van der Waals surface area contributed by atoms with Crippen molar-refractivity contribution in [2.24, 2.45) is 5.73 Å². The first-order valence-corrected chi connectivity index (χ1v) is 9.24. The lowest BCUT2D eigenvalue weighted by atomic mass is 10.2. The van der Waals surface area contributed by atoms with Gasteiger partial charge in [0.05, 0.1) is 11.9 Å². The van der Waals surface area contributed by atoms with Crippen LogP contribution in [0.2, 0.25) is 0 Å². The van der Waals surface area contributed by atoms with Crippen LogP contribution in [0.5, 0.6) is 0 Å². The third-order valence-electron chi connectivity index (χ3n) is 4.96. The van der Waals surface area contributed by atoms with Crippen LogP contribution >= 0.6 is 0 Å². The van der Waals surface area contributed by atoms with Crippen LogP contribution in [0.15, 0.2) is 42.7 Å². The second-order valence-electron chi connectivity index (χ2n) is 6.96. The highest BCUT2D eigenvalue weighted by Gasteiger charge is 2.26. The van der Waals surface area contributed by atoms with E-state index in [-0.39, 0.29) is 18.1 Å². The van der Waals surface area contributed by atoms with Crippen molar-refractivity contribution in [2.45, 2.75) is 26.4 Å². The summed E-state index contributed by atoms with van der Waals surface area (Å²) in [5.74, 6) is 0.169. The van der Waals surface area contributed by atoms with Crippen molar-refractivity contribution in [1.29, 1.82) is 0 Å². The van der Waals surface area contributed by atoms with Crippen molar-refractivity contribution < 1.29 is 9.59 Å². The van der Waals surface area contributed by atoms with Crippen LogP contribution in [0.1, 0.15) is 21.7 Å². The second-order valence-corrected chi connectivity index (χ2v) is 6.96. The van der Waals surface area contributed by atoms with E-state index < -0.39 is 5.91 Å². The van der Waals surface area contributed by atoms with Gasteiger partial charge in [0.2, 0.25) is 5.91 Å². The number of benzene rings is 1. The zero-order chi connectivity index (χ0) is 19.7. The van der Waals surface area contributed by atoms with Crippen LogP contribution in [-0.2, 0) is 24.3 Å². The summed E-state index contributed by atoms with van der Waals surface area (Å²) in [5.41, 5.74) is 8.59. The van der Waals surface area contributed by atoms with Gasteiger partial charge in [-0.3, -0.25) is 14.3 Å². The molecule has 0 radical (unpaired) electrons. The van der Waals surface area contributed by atoms with Crippen LogP contribution in [0, 0.1) is 6.92 Å². The molecule has 1 aromatic carbocycles. The number of rotatable bonds is 4. The molecule has 0 aliphatic carbocycles. The number of aromatic nitrogens is 4. The summed E-state index contributed by atoms with van der Waals surface area (Å²) in [6.07, 6.45) is 4.11. The molecular weight excluding hydrogens is 356 g/mol. The Labute approximate surface area is 162 Å². The summed E-state index contributed by atoms with van der Waals surface area (Å²) in [5, 5.41) is 4.19. The number of amides is 2. The third-order valence-corrected chi connectivity index (χ3v) is 4.96. The molecule has 8 heteroatoms. The largest absolute Gasteiger partial charge is 0.364 e. The summed E-state index contributed by atoms with van der Waals surface area (Å²) >= 11 is 0. The van der Waals surface area contributed by atoms with E-state index in [0.29, 0.717) is 31.9 Å². The van der Waals surface area contributed by atoms with Crippen molar-refractivity contribution in [3.8, 4) is 11.4 Å². The minimum atomic E-state index is -0.544. The number of nitrogens with two attached hydrogens (primary N) is 1. The fourth-order valence-corrected chi connectivity index (χ4v) is 3.60. The van der Waals surface area contributed by atoms with Crippen LogP contribution in [0.4, 0.5) is 0 Å². The van der Waals surface area contributed by atoms with E-state index in [9.17, 15) is 9.59 Å². The Morgan fingerprint density at radius 3 is 2.61 bits per heavy atom. The molecule has 3 heterocycles. The quantitative estimate of drug-likeness (QED) is 0.738. The molecule has 0 saturated heterocycles. The number of imidazole rings is 1. The molecule has 0 spiro atoms. The molecule has 144 valence electrons. The maximum absolute atomic E-state index is 12.7. The van der Waals surface area contributed by atoms with Crippen molar-refractivity contribution in [3.05, 3.63) is 59.7 Å². The average Bonchev–Trinajstić information content (AvgIpc) is 3.18. The van der Waals surface area contributed by atoms with Gasteiger partial charge in [0.25, 0.3) is 5.91 Å². The van der Waals surface area contributed by atoms with Crippen molar-refractivity contribution >= 4 is 11.8 Å². The number of fused-ring (bicyclic) bond motifs is 1. The summed E-state index contributed by atoms with van der Waals surface area (Å²) in [6.45, 7) is 3.76. The predicted molar refractivity (Wildman–Crippen MR) is 103 cm³/mol. The molecule has 1 aliphatic heterocycles. The van der Waals surface area contributed by atoms with Gasteiger partial charge >= 0.3 is 0 Å². The van der Waals surface area contributed by atoms with E-state index in [2.05, 4.69) is 10.1 Å². The van der Waals surface area contributed by atoms with Crippen molar-refractivity contribution in [3.63, 3.8) is 0 Å². The minimum absolute atomic E-state index is 0.00342. The molecule has 0 bridgehead atoms. The first-order valence-electron chi connectivity index (χ1n) is 9.24. The first kappa shape index (κ1) is 18.0. The van der Waals surface area contributed by atoms with Crippen LogP contribution in [0.3, 0.4) is 0 Å². The highest BCUT2D eigenvalue weighted by Crippen LogP contribution is 2.25. The fourth-order valence-electron chi connectivity index (χ4n) is 3.60. The van der Waals surface area contributed by atoms with Crippen molar-refractivity contribution in [2.75, 3.05) is 13.1 Å². The van der Waals surface area contributed by atoms with E-state index in [4.69, 9.17) is 5.73 Å². The Hall–Kier alpha value is -3.42. The van der Waals surface area contributed by atoms with E-state index >= 15 is 0 Å². The Kier molecular flexibility index (Phi) is 4.68. The smallest absolute Gasteiger partial charge is 0.269 e. The molecule has 2 amide bonds. The monoisotopic (exact) mass is 378 g/mol. The molecular formula is C20H22N6O2. The maximum atomic E-state index is 12.7. The van der Waals surface area contributed by atoms with Crippen LogP contribution < -0.4 is 5.73 Å². The van der Waals surface area contributed by atoms with Gasteiger partial charge in [-0.05, 0) is 12.5 Å². The number of aryl methyl sites for hydroxylation is 1. The number of hydrogen-bond acceptors (Lipinski definition) is 4. The summed E-state index contributed by atoms with van der Waals surface area (Å²) < 4.78 is 3.66. The normalized spacial score (nSPS) is 13.8. The molecule has 1 aliphatic rings. The molecule has 0 saturated carbocycles. The highest BCUT2D eigenvalue weighted by molar-refractivity contribution is 5.93. The maximum Gasteiger partial charge on any atom is 0.269 e. The molecule has 3 aromatic rings. The molecule has 8 nitrogen and oxygen atoms in total. The predicted octanol–water partition coefficient (Wildman–Crippen LogP) is 1.24. The zero-order valence-electron chi connectivity index (χ0n) is 15.7. The van der Waals surface area contributed by atoms with Gasteiger partial charge in [-0.2, -0.15) is 5.10 Å². The van der Waals surface area contributed by atoms with Gasteiger partial charge in [0, 0.05) is 37.8 Å². The Bertz CT molecular complexity index is 1020. The minimum Gasteiger partial charge on any atom is -0.364 e. The van der Waals surface area contributed by atoms with Crippen LogP contribution in [-0.4, -0.2) is 49.1 Å². The third kappa shape index (κ3) is 3.40. The van der Waals surface area contributed by atoms with E-state index in [1.165, 1.54) is 0 Å². The summed E-state index contributed by atoms with van der Waals surface area (Å²) in [7, 11) is 0. The number of carbonyl (C=O) groups excluding carboxylic acids is 2. The Balaban J connectivity index is 1.59. The Morgan fingerprint density at radius 1 is 1.14 bits per heavy atom. The first-order chi connectivity index (χ1) is 13.5. The summed E-state index contributed by atoms with van der Waals surface area (Å²) in [6, 6.07) is 9.70. The van der Waals surface area contributed by atoms with Gasteiger partial charge in [-0.15, -0.1) is 0 Å². The second kappa shape index (κ2) is 7.30. The van der Waals surface area contributed by atoms with Gasteiger partial charge in [-0.25, -0.2) is 4.98 Å².